The molecular formula is C14H17FN2O2. The largest absolute Gasteiger partial charge is 0.347 e. The summed E-state index contributed by atoms with van der Waals surface area (Å²) in [5, 5.41) is 2.56. The van der Waals surface area contributed by atoms with Gasteiger partial charge in [-0.05, 0) is 36.6 Å². The molecule has 0 unspecified atom stereocenters. The summed E-state index contributed by atoms with van der Waals surface area (Å²) < 4.78 is 13.0. The summed E-state index contributed by atoms with van der Waals surface area (Å²) in [5.74, 6) is -0.402. The summed E-state index contributed by atoms with van der Waals surface area (Å²) in [6, 6.07) is 4.67. The number of nitrogens with zero attached hydrogens (tertiary/aromatic N) is 1. The fourth-order valence-corrected chi connectivity index (χ4v) is 2.17. The lowest BCUT2D eigenvalue weighted by molar-refractivity contribution is -0.130. The zero-order valence-electron chi connectivity index (χ0n) is 10.9. The van der Waals surface area contributed by atoms with E-state index in [1.165, 1.54) is 12.1 Å². The SMILES string of the molecule is Cc1cc(F)ccc1CCN1CCC(=O)NCC1=O. The molecule has 0 aromatic heterocycles. The predicted molar refractivity (Wildman–Crippen MR) is 69.0 cm³/mol. The minimum atomic E-state index is -0.248. The third kappa shape index (κ3) is 3.53. The van der Waals surface area contributed by atoms with Crippen molar-refractivity contribution in [3.05, 3.63) is 35.1 Å². The molecule has 0 saturated carbocycles. The lowest BCUT2D eigenvalue weighted by Gasteiger charge is -2.20. The normalized spacial score (nSPS) is 16.2. The maximum Gasteiger partial charge on any atom is 0.241 e. The van der Waals surface area contributed by atoms with Crippen LogP contribution < -0.4 is 5.32 Å². The molecule has 1 aromatic rings. The minimum Gasteiger partial charge on any atom is -0.347 e. The van der Waals surface area contributed by atoms with Crippen LogP contribution in [-0.4, -0.2) is 36.3 Å². The van der Waals surface area contributed by atoms with Crippen molar-refractivity contribution in [2.45, 2.75) is 19.8 Å². The number of nitrogens with one attached hydrogen (secondary N) is 1. The minimum absolute atomic E-state index is 0.0642. The Morgan fingerprint density at radius 2 is 2.16 bits per heavy atom. The summed E-state index contributed by atoms with van der Waals surface area (Å²) in [6.45, 7) is 2.93. The Hall–Kier alpha value is -1.91. The molecule has 4 nitrogen and oxygen atoms in total. The van der Waals surface area contributed by atoms with Crippen LogP contribution in [0.1, 0.15) is 17.5 Å². The van der Waals surface area contributed by atoms with Gasteiger partial charge in [-0.3, -0.25) is 9.59 Å². The molecule has 1 fully saturated rings. The number of aryl methyl sites for hydroxylation is 1. The first-order chi connectivity index (χ1) is 9.06. The molecule has 1 saturated heterocycles. The van der Waals surface area contributed by atoms with E-state index in [0.29, 0.717) is 25.9 Å². The number of carbonyl (C=O) groups excluding carboxylic acids is 2. The van der Waals surface area contributed by atoms with E-state index in [2.05, 4.69) is 5.32 Å². The van der Waals surface area contributed by atoms with Gasteiger partial charge in [0.2, 0.25) is 11.8 Å². The number of amides is 2. The third-order valence-electron chi connectivity index (χ3n) is 3.35. The van der Waals surface area contributed by atoms with Gasteiger partial charge in [-0.2, -0.15) is 0 Å². The van der Waals surface area contributed by atoms with E-state index in [9.17, 15) is 14.0 Å². The van der Waals surface area contributed by atoms with Gasteiger partial charge in [0.25, 0.3) is 0 Å². The molecule has 0 radical (unpaired) electrons. The van der Waals surface area contributed by atoms with Crippen LogP contribution in [0.3, 0.4) is 0 Å². The Bertz CT molecular complexity index is 502. The number of halogens is 1. The highest BCUT2D eigenvalue weighted by Gasteiger charge is 2.19. The summed E-state index contributed by atoms with van der Waals surface area (Å²) in [6.07, 6.45) is 1.01. The molecule has 1 aromatic carbocycles. The summed E-state index contributed by atoms with van der Waals surface area (Å²) in [4.78, 5) is 24.7. The molecule has 0 bridgehead atoms. The molecule has 0 aliphatic carbocycles. The second kappa shape index (κ2) is 5.82. The van der Waals surface area contributed by atoms with Crippen molar-refractivity contribution < 1.29 is 14.0 Å². The van der Waals surface area contributed by atoms with E-state index in [0.717, 1.165) is 11.1 Å². The molecule has 1 N–H and O–H groups in total. The summed E-state index contributed by atoms with van der Waals surface area (Å²) >= 11 is 0. The van der Waals surface area contributed by atoms with Gasteiger partial charge in [-0.15, -0.1) is 0 Å². The van der Waals surface area contributed by atoms with Crippen molar-refractivity contribution in [2.75, 3.05) is 19.6 Å². The summed E-state index contributed by atoms with van der Waals surface area (Å²) in [5.41, 5.74) is 1.91. The van der Waals surface area contributed by atoms with Crippen molar-refractivity contribution in [3.63, 3.8) is 0 Å². The Labute approximate surface area is 111 Å². The van der Waals surface area contributed by atoms with Gasteiger partial charge >= 0.3 is 0 Å². The van der Waals surface area contributed by atoms with E-state index < -0.39 is 0 Å². The molecular weight excluding hydrogens is 247 g/mol. The Morgan fingerprint density at radius 3 is 2.89 bits per heavy atom. The quantitative estimate of drug-likeness (QED) is 0.886. The van der Waals surface area contributed by atoms with Gasteiger partial charge in [0.05, 0.1) is 6.54 Å². The van der Waals surface area contributed by atoms with Gasteiger partial charge < -0.3 is 10.2 Å². The Kier molecular flexibility index (Phi) is 4.14. The molecule has 1 heterocycles. The maximum atomic E-state index is 13.0. The zero-order chi connectivity index (χ0) is 13.8. The fourth-order valence-electron chi connectivity index (χ4n) is 2.17. The first kappa shape index (κ1) is 13.5. The smallest absolute Gasteiger partial charge is 0.241 e. The van der Waals surface area contributed by atoms with Crippen molar-refractivity contribution in [1.82, 2.24) is 10.2 Å². The molecule has 0 spiro atoms. The highest BCUT2D eigenvalue weighted by Crippen LogP contribution is 2.12. The Morgan fingerprint density at radius 1 is 1.37 bits per heavy atom. The predicted octanol–water partition coefficient (Wildman–Crippen LogP) is 1.03. The van der Waals surface area contributed by atoms with E-state index >= 15 is 0 Å². The van der Waals surface area contributed by atoms with E-state index in [1.807, 2.05) is 6.92 Å². The van der Waals surface area contributed by atoms with Crippen molar-refractivity contribution in [2.24, 2.45) is 0 Å². The van der Waals surface area contributed by atoms with Crippen LogP contribution in [0, 0.1) is 12.7 Å². The van der Waals surface area contributed by atoms with Crippen LogP contribution in [0.2, 0.25) is 0 Å². The lowest BCUT2D eigenvalue weighted by Crippen LogP contribution is -2.36. The molecule has 1 aliphatic rings. The van der Waals surface area contributed by atoms with Crippen molar-refractivity contribution in [3.8, 4) is 0 Å². The van der Waals surface area contributed by atoms with Crippen LogP contribution in [0.25, 0.3) is 0 Å². The molecule has 1 aliphatic heterocycles. The highest BCUT2D eigenvalue weighted by molar-refractivity contribution is 5.87. The third-order valence-corrected chi connectivity index (χ3v) is 3.35. The molecule has 19 heavy (non-hydrogen) atoms. The molecule has 102 valence electrons. The zero-order valence-corrected chi connectivity index (χ0v) is 10.9. The van der Waals surface area contributed by atoms with Crippen LogP contribution in [-0.2, 0) is 16.0 Å². The number of rotatable bonds is 3. The first-order valence-electron chi connectivity index (χ1n) is 6.36. The van der Waals surface area contributed by atoms with Crippen molar-refractivity contribution in [1.29, 1.82) is 0 Å². The maximum absolute atomic E-state index is 13.0. The van der Waals surface area contributed by atoms with Gasteiger partial charge in [-0.1, -0.05) is 6.07 Å². The first-order valence-corrected chi connectivity index (χ1v) is 6.36. The average Bonchev–Trinajstić information content (AvgIpc) is 2.52. The lowest BCUT2D eigenvalue weighted by atomic mass is 10.1. The second-order valence-electron chi connectivity index (χ2n) is 4.73. The van der Waals surface area contributed by atoms with E-state index in [-0.39, 0.29) is 24.2 Å². The molecule has 2 rings (SSSR count). The Balaban J connectivity index is 1.97. The number of hydrogen-bond acceptors (Lipinski definition) is 2. The standard InChI is InChI=1S/C14H17FN2O2/c1-10-8-12(15)3-2-11(10)4-6-17-7-5-13(18)16-9-14(17)19/h2-3,8H,4-7,9H2,1H3,(H,16,18). The molecule has 2 amide bonds. The highest BCUT2D eigenvalue weighted by atomic mass is 19.1. The van der Waals surface area contributed by atoms with E-state index in [4.69, 9.17) is 0 Å². The van der Waals surface area contributed by atoms with Crippen LogP contribution >= 0.6 is 0 Å². The van der Waals surface area contributed by atoms with Crippen LogP contribution in [0.5, 0.6) is 0 Å². The van der Waals surface area contributed by atoms with Gasteiger partial charge in [0, 0.05) is 19.5 Å². The number of benzene rings is 1. The van der Waals surface area contributed by atoms with Gasteiger partial charge in [-0.25, -0.2) is 4.39 Å². The van der Waals surface area contributed by atoms with Gasteiger partial charge in [0.15, 0.2) is 0 Å². The van der Waals surface area contributed by atoms with Crippen LogP contribution in [0.15, 0.2) is 18.2 Å². The fraction of sp³-hybridized carbons (Fsp3) is 0.429. The average molecular weight is 264 g/mol. The topological polar surface area (TPSA) is 49.4 Å². The summed E-state index contributed by atoms with van der Waals surface area (Å²) in [7, 11) is 0. The van der Waals surface area contributed by atoms with Crippen molar-refractivity contribution >= 4 is 11.8 Å². The van der Waals surface area contributed by atoms with E-state index in [1.54, 1.807) is 11.0 Å². The monoisotopic (exact) mass is 264 g/mol. The van der Waals surface area contributed by atoms with Gasteiger partial charge in [0.1, 0.15) is 5.82 Å². The second-order valence-corrected chi connectivity index (χ2v) is 4.73. The number of hydrogen-bond donors (Lipinski definition) is 1. The number of carbonyl (C=O) groups is 2. The van der Waals surface area contributed by atoms with Crippen LogP contribution in [0.4, 0.5) is 4.39 Å². The molecule has 0 atom stereocenters. The molecule has 5 heteroatoms.